The Kier molecular flexibility index (Phi) is 4.96. The minimum Gasteiger partial charge on any atom is -0.465 e. The molecule has 0 aliphatic carbocycles. The Hall–Kier alpha value is -2.06. The van der Waals surface area contributed by atoms with Gasteiger partial charge in [-0.15, -0.1) is 12.4 Å². The van der Waals surface area contributed by atoms with Gasteiger partial charge in [-0.3, -0.25) is 5.32 Å². The molecule has 1 N–H and O–H groups in total. The van der Waals surface area contributed by atoms with Crippen molar-refractivity contribution in [2.45, 2.75) is 18.4 Å². The van der Waals surface area contributed by atoms with Gasteiger partial charge >= 0.3 is 5.97 Å². The van der Waals surface area contributed by atoms with Crippen LogP contribution in [0.15, 0.2) is 28.8 Å². The first-order valence-electron chi connectivity index (χ1n) is 6.62. The molecular weight excluding hydrogens is 332 g/mol. The van der Waals surface area contributed by atoms with Crippen molar-refractivity contribution < 1.29 is 22.8 Å². The maximum atomic E-state index is 13.2. The average molecular weight is 346 g/mol. The van der Waals surface area contributed by atoms with Crippen LogP contribution in [-0.2, 0) is 4.74 Å². The number of esters is 1. The van der Waals surface area contributed by atoms with Crippen LogP contribution in [0, 0.1) is 0 Å². The van der Waals surface area contributed by atoms with Gasteiger partial charge in [0.25, 0.3) is 5.92 Å². The quantitative estimate of drug-likeness (QED) is 0.862. The highest BCUT2D eigenvalue weighted by Crippen LogP contribution is 2.33. The minimum atomic E-state index is -2.76. The third-order valence-corrected chi connectivity index (χ3v) is 3.41. The van der Waals surface area contributed by atoms with Gasteiger partial charge in [-0.25, -0.2) is 13.6 Å². The number of methoxy groups -OCH3 is 1. The smallest absolute Gasteiger partial charge is 0.337 e. The molecule has 0 amide bonds. The third kappa shape index (κ3) is 3.65. The Morgan fingerprint density at radius 1 is 1.39 bits per heavy atom. The zero-order valence-electron chi connectivity index (χ0n) is 12.1. The number of hydrogen-bond acceptors (Lipinski definition) is 6. The van der Waals surface area contributed by atoms with Gasteiger partial charge in [0.1, 0.15) is 0 Å². The fraction of sp³-hybridized carbons (Fsp3) is 0.357. The van der Waals surface area contributed by atoms with Crippen molar-refractivity contribution in [1.82, 2.24) is 15.5 Å². The predicted molar refractivity (Wildman–Crippen MR) is 78.6 cm³/mol. The van der Waals surface area contributed by atoms with Gasteiger partial charge in [0.15, 0.2) is 0 Å². The van der Waals surface area contributed by atoms with Crippen LogP contribution in [0.25, 0.3) is 11.4 Å². The van der Waals surface area contributed by atoms with Gasteiger partial charge in [0.05, 0.1) is 25.3 Å². The van der Waals surface area contributed by atoms with E-state index in [1.165, 1.54) is 7.11 Å². The summed E-state index contributed by atoms with van der Waals surface area (Å²) in [5, 5.41) is 6.44. The van der Waals surface area contributed by atoms with E-state index in [2.05, 4.69) is 20.2 Å². The summed E-state index contributed by atoms with van der Waals surface area (Å²) in [5.41, 5.74) is 1.01. The minimum absolute atomic E-state index is 0. The molecule has 3 rings (SSSR count). The normalized spacial score (nSPS) is 19.2. The monoisotopic (exact) mass is 345 g/mol. The number of rotatable bonds is 3. The van der Waals surface area contributed by atoms with E-state index in [9.17, 15) is 13.6 Å². The first-order chi connectivity index (χ1) is 10.5. The summed E-state index contributed by atoms with van der Waals surface area (Å²) in [5.74, 6) is -2.80. The van der Waals surface area contributed by atoms with Crippen molar-refractivity contribution in [2.75, 3.05) is 13.7 Å². The Balaban J connectivity index is 0.00000192. The number of nitrogens with zero attached hydrogens (tertiary/aromatic N) is 2. The Labute approximate surface area is 136 Å². The van der Waals surface area contributed by atoms with Crippen LogP contribution in [0.2, 0.25) is 0 Å². The van der Waals surface area contributed by atoms with E-state index < -0.39 is 24.5 Å². The number of carbonyl (C=O) groups excluding carboxylic acids is 1. The third-order valence-electron chi connectivity index (χ3n) is 3.41. The molecule has 23 heavy (non-hydrogen) atoms. The lowest BCUT2D eigenvalue weighted by Gasteiger charge is -2.04. The Morgan fingerprint density at radius 3 is 2.65 bits per heavy atom. The standard InChI is InChI=1S/C14H13F2N3O3.ClH/c1-21-13(20)9-4-2-8(3-5-9)11-18-12(22-19-11)10-6-14(15,16)7-17-10;/h2-5,10,17H,6-7H2,1H3;1H. The molecule has 0 radical (unpaired) electrons. The second-order valence-electron chi connectivity index (χ2n) is 5.02. The molecule has 0 saturated carbocycles. The summed E-state index contributed by atoms with van der Waals surface area (Å²) in [4.78, 5) is 15.5. The molecule has 1 aliphatic heterocycles. The Bertz CT molecular complexity index is 691. The molecule has 6 nitrogen and oxygen atoms in total. The van der Waals surface area contributed by atoms with Crippen LogP contribution >= 0.6 is 12.4 Å². The maximum absolute atomic E-state index is 13.2. The highest BCUT2D eigenvalue weighted by atomic mass is 35.5. The van der Waals surface area contributed by atoms with Crippen molar-refractivity contribution in [2.24, 2.45) is 0 Å². The fourth-order valence-corrected chi connectivity index (χ4v) is 2.26. The summed E-state index contributed by atoms with van der Waals surface area (Å²) in [6.45, 7) is -0.400. The van der Waals surface area contributed by atoms with Gasteiger partial charge in [0.2, 0.25) is 11.7 Å². The lowest BCUT2D eigenvalue weighted by atomic mass is 10.1. The van der Waals surface area contributed by atoms with Crippen LogP contribution in [0.4, 0.5) is 8.78 Å². The van der Waals surface area contributed by atoms with E-state index >= 15 is 0 Å². The van der Waals surface area contributed by atoms with Gasteiger partial charge < -0.3 is 9.26 Å². The number of hydrogen-bond donors (Lipinski definition) is 1. The summed E-state index contributed by atoms with van der Waals surface area (Å²) in [7, 11) is 1.30. The number of aromatic nitrogens is 2. The van der Waals surface area contributed by atoms with Gasteiger partial charge in [-0.2, -0.15) is 4.98 Å². The molecule has 0 bridgehead atoms. The van der Waals surface area contributed by atoms with Crippen LogP contribution in [0.5, 0.6) is 0 Å². The van der Waals surface area contributed by atoms with E-state index in [-0.39, 0.29) is 30.5 Å². The zero-order chi connectivity index (χ0) is 15.7. The molecule has 9 heteroatoms. The van der Waals surface area contributed by atoms with Crippen molar-refractivity contribution >= 4 is 18.4 Å². The lowest BCUT2D eigenvalue weighted by molar-refractivity contribution is 0.0200. The highest BCUT2D eigenvalue weighted by Gasteiger charge is 2.42. The second kappa shape index (κ2) is 6.59. The second-order valence-corrected chi connectivity index (χ2v) is 5.02. The summed E-state index contributed by atoms with van der Waals surface area (Å²) in [6, 6.07) is 5.76. The van der Waals surface area contributed by atoms with Crippen LogP contribution in [0.1, 0.15) is 28.7 Å². The summed E-state index contributed by atoms with van der Waals surface area (Å²) < 4.78 is 36.0. The molecule has 0 spiro atoms. The first-order valence-corrected chi connectivity index (χ1v) is 6.62. The number of halogens is 3. The van der Waals surface area contributed by atoms with E-state index in [4.69, 9.17) is 4.52 Å². The van der Waals surface area contributed by atoms with Gasteiger partial charge in [0, 0.05) is 12.0 Å². The highest BCUT2D eigenvalue weighted by molar-refractivity contribution is 5.89. The molecule has 2 aromatic rings. The van der Waals surface area contributed by atoms with Crippen molar-refractivity contribution in [3.05, 3.63) is 35.7 Å². The topological polar surface area (TPSA) is 77.2 Å². The number of nitrogens with one attached hydrogen (secondary N) is 1. The molecule has 1 fully saturated rings. The van der Waals surface area contributed by atoms with Gasteiger partial charge in [-0.1, -0.05) is 17.3 Å². The molecule has 1 saturated heterocycles. The largest absolute Gasteiger partial charge is 0.465 e. The fourth-order valence-electron chi connectivity index (χ4n) is 2.26. The first kappa shape index (κ1) is 17.3. The predicted octanol–water partition coefficient (Wildman–Crippen LogP) is 2.61. The zero-order valence-corrected chi connectivity index (χ0v) is 12.9. The van der Waals surface area contributed by atoms with Crippen molar-refractivity contribution in [1.29, 1.82) is 0 Å². The average Bonchev–Trinajstić information content (AvgIpc) is 3.13. The number of ether oxygens (including phenoxy) is 1. The number of benzene rings is 1. The maximum Gasteiger partial charge on any atom is 0.337 e. The summed E-state index contributed by atoms with van der Waals surface area (Å²) in [6.07, 6.45) is -0.365. The van der Waals surface area contributed by atoms with Crippen molar-refractivity contribution in [3.63, 3.8) is 0 Å². The van der Waals surface area contributed by atoms with Crippen LogP contribution in [0.3, 0.4) is 0 Å². The van der Waals surface area contributed by atoms with E-state index in [0.717, 1.165) is 0 Å². The SMILES string of the molecule is COC(=O)c1ccc(-c2noc(C3CC(F)(F)CN3)n2)cc1.Cl. The molecule has 1 atom stereocenters. The van der Waals surface area contributed by atoms with Crippen LogP contribution < -0.4 is 5.32 Å². The molecule has 1 aliphatic rings. The number of carbonyl (C=O) groups is 1. The molecule has 1 unspecified atom stereocenters. The molecule has 124 valence electrons. The summed E-state index contributed by atoms with van der Waals surface area (Å²) >= 11 is 0. The molecule has 2 heterocycles. The molecular formula is C14H14ClF2N3O3. The number of alkyl halides is 2. The lowest BCUT2D eigenvalue weighted by Crippen LogP contribution is -2.19. The van der Waals surface area contributed by atoms with E-state index in [0.29, 0.717) is 11.1 Å². The van der Waals surface area contributed by atoms with Gasteiger partial charge in [-0.05, 0) is 12.1 Å². The molecule has 1 aromatic carbocycles. The van der Waals surface area contributed by atoms with E-state index in [1.807, 2.05) is 0 Å². The molecule has 1 aromatic heterocycles. The Morgan fingerprint density at radius 2 is 2.09 bits per heavy atom. The van der Waals surface area contributed by atoms with Crippen LogP contribution in [-0.4, -0.2) is 35.7 Å². The van der Waals surface area contributed by atoms with E-state index in [1.54, 1.807) is 24.3 Å². The van der Waals surface area contributed by atoms with Crippen molar-refractivity contribution in [3.8, 4) is 11.4 Å².